The van der Waals surface area contributed by atoms with E-state index >= 15 is 4.39 Å². The van der Waals surface area contributed by atoms with Crippen molar-refractivity contribution in [2.45, 2.75) is 44.9 Å². The average molecular weight is 506 g/mol. The number of ether oxygens (including phenoxy) is 1. The summed E-state index contributed by atoms with van der Waals surface area (Å²) in [6, 6.07) is 11.3. The molecule has 0 spiro atoms. The van der Waals surface area contributed by atoms with E-state index in [1.165, 1.54) is 6.33 Å². The lowest BCUT2D eigenvalue weighted by Crippen LogP contribution is -2.63. The molecule has 0 saturated carbocycles. The van der Waals surface area contributed by atoms with Gasteiger partial charge in [0.05, 0.1) is 17.5 Å². The van der Waals surface area contributed by atoms with Crippen molar-refractivity contribution in [2.24, 2.45) is 0 Å². The topological polar surface area (TPSA) is 71.5 Å². The Labute approximate surface area is 212 Å². The number of amides is 1. The van der Waals surface area contributed by atoms with Crippen LogP contribution in [-0.2, 0) is 4.74 Å². The average Bonchev–Trinajstić information content (AvgIpc) is 3.15. The molecule has 4 aromatic rings. The van der Waals surface area contributed by atoms with Gasteiger partial charge in [-0.3, -0.25) is 4.98 Å². The summed E-state index contributed by atoms with van der Waals surface area (Å²) in [6.07, 6.45) is 3.51. The monoisotopic (exact) mass is 505 g/mol. The number of aromatic nitrogens is 3. The normalized spacial score (nSPS) is 19.5. The Morgan fingerprint density at radius 2 is 1.89 bits per heavy atom. The molecule has 9 heteroatoms. The molecule has 4 heterocycles. The Bertz CT molecular complexity index is 1520. The lowest BCUT2D eigenvalue weighted by atomic mass is 9.96. The van der Waals surface area contributed by atoms with Crippen LogP contribution >= 0.6 is 11.6 Å². The molecule has 2 fully saturated rings. The van der Waals surface area contributed by atoms with Crippen LogP contribution in [0.4, 0.5) is 15.0 Å². The SMILES string of the molecule is CC(C)(C)OC(=O)N1CC[C@@H]2[C@H]1CN2c1ncnc2c(F)c(-c3cccc4cccc(Cl)c34)ncc12. The Morgan fingerprint density at radius 1 is 1.11 bits per heavy atom. The fourth-order valence-electron chi connectivity index (χ4n) is 5.30. The predicted octanol–water partition coefficient (Wildman–Crippen LogP) is 5.84. The van der Waals surface area contributed by atoms with E-state index in [0.29, 0.717) is 34.9 Å². The Hall–Kier alpha value is -3.52. The van der Waals surface area contributed by atoms with Crippen LogP contribution < -0.4 is 4.90 Å². The number of pyridine rings is 1. The lowest BCUT2D eigenvalue weighted by Gasteiger charge is -2.47. The van der Waals surface area contributed by atoms with Gasteiger partial charge in [-0.1, -0.05) is 41.9 Å². The van der Waals surface area contributed by atoms with Crippen molar-refractivity contribution >= 4 is 45.2 Å². The molecular weight excluding hydrogens is 481 g/mol. The van der Waals surface area contributed by atoms with Crippen LogP contribution in [0.1, 0.15) is 27.2 Å². The summed E-state index contributed by atoms with van der Waals surface area (Å²) in [7, 11) is 0. The minimum Gasteiger partial charge on any atom is -0.444 e. The summed E-state index contributed by atoms with van der Waals surface area (Å²) in [6.45, 7) is 6.79. The third-order valence-electron chi connectivity index (χ3n) is 6.90. The van der Waals surface area contributed by atoms with Gasteiger partial charge in [0, 0.05) is 35.3 Å². The highest BCUT2D eigenvalue weighted by Crippen LogP contribution is 2.40. The van der Waals surface area contributed by atoms with Gasteiger partial charge in [-0.25, -0.2) is 19.2 Å². The highest BCUT2D eigenvalue weighted by molar-refractivity contribution is 6.36. The van der Waals surface area contributed by atoms with E-state index in [9.17, 15) is 4.79 Å². The molecule has 7 nitrogen and oxygen atoms in total. The largest absolute Gasteiger partial charge is 0.444 e. The molecule has 2 aliphatic rings. The number of anilines is 1. The van der Waals surface area contributed by atoms with Crippen molar-refractivity contribution in [3.8, 4) is 11.3 Å². The maximum absolute atomic E-state index is 15.9. The maximum atomic E-state index is 15.9. The standard InChI is InChI=1S/C27H25ClFN5O2/c1-27(2,3)36-26(35)33-11-10-19-20(33)13-34(19)25-17-12-30-23(22(29)24(17)31-14-32-25)16-8-4-6-15-7-5-9-18(28)21(15)16/h4-9,12,14,19-20H,10-11,13H2,1-3H3/t19-,20-/m1/s1. The number of carbonyl (C=O) groups is 1. The molecule has 2 aromatic heterocycles. The van der Waals surface area contributed by atoms with Gasteiger partial charge in [-0.2, -0.15) is 0 Å². The maximum Gasteiger partial charge on any atom is 0.410 e. The van der Waals surface area contributed by atoms with Crippen LogP contribution in [-0.4, -0.2) is 56.7 Å². The van der Waals surface area contributed by atoms with Gasteiger partial charge in [-0.15, -0.1) is 0 Å². The summed E-state index contributed by atoms with van der Waals surface area (Å²) in [5, 5.41) is 2.74. The van der Waals surface area contributed by atoms with Crippen molar-refractivity contribution < 1.29 is 13.9 Å². The molecule has 36 heavy (non-hydrogen) atoms. The van der Waals surface area contributed by atoms with Gasteiger partial charge in [-0.05, 0) is 38.6 Å². The second-order valence-electron chi connectivity index (χ2n) is 10.3. The molecule has 1 amide bonds. The minimum atomic E-state index is -0.545. The zero-order valence-corrected chi connectivity index (χ0v) is 21.0. The molecule has 2 aromatic carbocycles. The molecule has 0 unspecified atom stereocenters. The summed E-state index contributed by atoms with van der Waals surface area (Å²) < 4.78 is 21.5. The number of halogens is 2. The van der Waals surface area contributed by atoms with E-state index in [-0.39, 0.29) is 29.4 Å². The van der Waals surface area contributed by atoms with Crippen molar-refractivity contribution in [2.75, 3.05) is 18.0 Å². The molecule has 184 valence electrons. The van der Waals surface area contributed by atoms with Crippen LogP contribution in [0.15, 0.2) is 48.9 Å². The van der Waals surface area contributed by atoms with Crippen LogP contribution in [0.2, 0.25) is 5.02 Å². The third-order valence-corrected chi connectivity index (χ3v) is 7.22. The number of hydrogen-bond acceptors (Lipinski definition) is 6. The second kappa shape index (κ2) is 8.27. The zero-order chi connectivity index (χ0) is 25.2. The molecule has 2 aliphatic heterocycles. The van der Waals surface area contributed by atoms with Crippen molar-refractivity contribution in [1.29, 1.82) is 0 Å². The molecule has 0 bridgehead atoms. The van der Waals surface area contributed by atoms with Crippen molar-refractivity contribution in [3.63, 3.8) is 0 Å². The molecular formula is C27H25ClFN5O2. The fraction of sp³-hybridized carbons (Fsp3) is 0.333. The van der Waals surface area contributed by atoms with Gasteiger partial charge in [0.2, 0.25) is 0 Å². The van der Waals surface area contributed by atoms with Gasteiger partial charge in [0.1, 0.15) is 29.0 Å². The van der Waals surface area contributed by atoms with Crippen molar-refractivity contribution in [1.82, 2.24) is 19.9 Å². The number of hydrogen-bond donors (Lipinski definition) is 0. The minimum absolute atomic E-state index is 0.0415. The summed E-state index contributed by atoms with van der Waals surface area (Å²) in [4.78, 5) is 29.8. The van der Waals surface area contributed by atoms with Crippen LogP contribution in [0.25, 0.3) is 32.9 Å². The van der Waals surface area contributed by atoms with Gasteiger partial charge >= 0.3 is 6.09 Å². The lowest BCUT2D eigenvalue weighted by molar-refractivity contribution is 0.0193. The second-order valence-corrected chi connectivity index (χ2v) is 10.7. The molecule has 0 aliphatic carbocycles. The molecule has 0 radical (unpaired) electrons. The zero-order valence-electron chi connectivity index (χ0n) is 20.2. The number of nitrogens with zero attached hydrogens (tertiary/aromatic N) is 5. The van der Waals surface area contributed by atoms with E-state index in [1.54, 1.807) is 17.2 Å². The third kappa shape index (κ3) is 3.63. The number of rotatable bonds is 2. The quantitative estimate of drug-likeness (QED) is 0.341. The van der Waals surface area contributed by atoms with Crippen LogP contribution in [0.5, 0.6) is 0 Å². The highest BCUT2D eigenvalue weighted by atomic mass is 35.5. The molecule has 0 N–H and O–H groups in total. The van der Waals surface area contributed by atoms with E-state index in [0.717, 1.165) is 17.2 Å². The Kier molecular flexibility index (Phi) is 5.26. The van der Waals surface area contributed by atoms with Crippen molar-refractivity contribution in [3.05, 3.63) is 59.8 Å². The number of likely N-dealkylation sites (tertiary alicyclic amines) is 1. The van der Waals surface area contributed by atoms with E-state index in [2.05, 4.69) is 19.9 Å². The first kappa shape index (κ1) is 22.9. The van der Waals surface area contributed by atoms with Crippen LogP contribution in [0, 0.1) is 5.82 Å². The van der Waals surface area contributed by atoms with E-state index in [4.69, 9.17) is 16.3 Å². The first-order valence-corrected chi connectivity index (χ1v) is 12.3. The number of carbonyl (C=O) groups excluding carboxylic acids is 1. The summed E-state index contributed by atoms with van der Waals surface area (Å²) in [5.41, 5.74) is 0.478. The molecule has 6 rings (SSSR count). The Morgan fingerprint density at radius 3 is 2.67 bits per heavy atom. The first-order valence-electron chi connectivity index (χ1n) is 12.0. The smallest absolute Gasteiger partial charge is 0.410 e. The molecule has 2 saturated heterocycles. The van der Waals surface area contributed by atoms with Gasteiger partial charge in [0.25, 0.3) is 0 Å². The molecule has 2 atom stereocenters. The van der Waals surface area contributed by atoms with E-state index in [1.807, 2.05) is 51.1 Å². The fourth-order valence-corrected chi connectivity index (χ4v) is 5.58. The van der Waals surface area contributed by atoms with Gasteiger partial charge in [0.15, 0.2) is 5.82 Å². The first-order chi connectivity index (χ1) is 17.2. The number of benzene rings is 2. The van der Waals surface area contributed by atoms with Gasteiger partial charge < -0.3 is 14.5 Å². The number of fused-ring (bicyclic) bond motifs is 3. The van der Waals surface area contributed by atoms with E-state index < -0.39 is 11.4 Å². The summed E-state index contributed by atoms with van der Waals surface area (Å²) >= 11 is 6.48. The Balaban J connectivity index is 1.35. The predicted molar refractivity (Wildman–Crippen MR) is 138 cm³/mol. The highest BCUT2D eigenvalue weighted by Gasteiger charge is 2.50. The van der Waals surface area contributed by atoms with Crippen LogP contribution in [0.3, 0.4) is 0 Å². The summed E-state index contributed by atoms with van der Waals surface area (Å²) in [5.74, 6) is 0.114.